The van der Waals surface area contributed by atoms with Gasteiger partial charge in [-0.1, -0.05) is 0 Å². The van der Waals surface area contributed by atoms with E-state index in [1.165, 1.54) is 25.7 Å². The highest BCUT2D eigenvalue weighted by Gasteiger charge is 2.31. The summed E-state index contributed by atoms with van der Waals surface area (Å²) in [5.41, 5.74) is 0. The van der Waals surface area contributed by atoms with Crippen molar-refractivity contribution in [3.63, 3.8) is 0 Å². The molecule has 2 bridgehead atoms. The predicted molar refractivity (Wildman–Crippen MR) is 42.0 cm³/mol. The minimum Gasteiger partial charge on any atom is -0.311 e. The molecule has 0 aromatic heterocycles. The molecule has 1 N–H and O–H groups in total. The number of rotatable bonds is 0. The zero-order valence-corrected chi connectivity index (χ0v) is 6.40. The molecule has 1 unspecified atom stereocenters. The highest BCUT2D eigenvalue weighted by atomic mass is 32.1. The topological polar surface area (TPSA) is 12.0 Å². The minimum absolute atomic E-state index is 0.684. The predicted octanol–water partition coefficient (Wildman–Crippen LogP) is 1.20. The molecule has 0 aromatic rings. The van der Waals surface area contributed by atoms with Crippen LogP contribution in [0.1, 0.15) is 25.7 Å². The van der Waals surface area contributed by atoms with Crippen LogP contribution in [0, 0.1) is 0 Å². The monoisotopic (exact) mass is 143 g/mol. The maximum absolute atomic E-state index is 4.48. The minimum atomic E-state index is 0.684. The first-order chi connectivity index (χ1) is 4.34. The molecule has 0 radical (unpaired) electrons. The van der Waals surface area contributed by atoms with E-state index in [0.717, 1.165) is 12.1 Å². The molecule has 2 saturated heterocycles. The van der Waals surface area contributed by atoms with Crippen LogP contribution in [0.15, 0.2) is 0 Å². The van der Waals surface area contributed by atoms with Crippen LogP contribution in [-0.4, -0.2) is 17.3 Å². The first kappa shape index (κ1) is 6.05. The summed E-state index contributed by atoms with van der Waals surface area (Å²) in [5, 5.41) is 4.26. The standard InChI is InChI=1S/C7H13NS/c9-7-3-5-1-2-6(4-7)8-5/h5-9H,1-4H2/t5-,6+,7?. The van der Waals surface area contributed by atoms with E-state index >= 15 is 0 Å². The molecule has 0 saturated carbocycles. The van der Waals surface area contributed by atoms with Gasteiger partial charge in [-0.25, -0.2) is 0 Å². The largest absolute Gasteiger partial charge is 0.311 e. The Morgan fingerprint density at radius 3 is 2.22 bits per heavy atom. The molecule has 1 nitrogen and oxygen atoms in total. The average Bonchev–Trinajstić information content (AvgIpc) is 2.11. The van der Waals surface area contributed by atoms with Crippen molar-refractivity contribution >= 4 is 12.6 Å². The zero-order valence-electron chi connectivity index (χ0n) is 5.51. The van der Waals surface area contributed by atoms with Crippen molar-refractivity contribution in [2.45, 2.75) is 43.0 Å². The number of hydrogen-bond acceptors (Lipinski definition) is 2. The molecule has 0 aliphatic carbocycles. The summed E-state index contributed by atoms with van der Waals surface area (Å²) < 4.78 is 0. The molecule has 9 heavy (non-hydrogen) atoms. The number of fused-ring (bicyclic) bond motifs is 2. The van der Waals surface area contributed by atoms with Crippen LogP contribution >= 0.6 is 12.6 Å². The average molecular weight is 143 g/mol. The van der Waals surface area contributed by atoms with Gasteiger partial charge in [0.1, 0.15) is 0 Å². The number of hydrogen-bond donors (Lipinski definition) is 2. The second kappa shape index (κ2) is 2.17. The van der Waals surface area contributed by atoms with E-state index in [2.05, 4.69) is 17.9 Å². The van der Waals surface area contributed by atoms with Crippen LogP contribution in [0.5, 0.6) is 0 Å². The molecule has 0 aromatic carbocycles. The van der Waals surface area contributed by atoms with Gasteiger partial charge < -0.3 is 5.32 Å². The van der Waals surface area contributed by atoms with Crippen LogP contribution in [0.3, 0.4) is 0 Å². The molecule has 2 fully saturated rings. The summed E-state index contributed by atoms with van der Waals surface area (Å²) in [4.78, 5) is 0. The van der Waals surface area contributed by atoms with E-state index in [4.69, 9.17) is 0 Å². The van der Waals surface area contributed by atoms with Gasteiger partial charge in [0.2, 0.25) is 0 Å². The maximum atomic E-state index is 4.48. The van der Waals surface area contributed by atoms with Crippen molar-refractivity contribution < 1.29 is 0 Å². The fourth-order valence-corrected chi connectivity index (χ4v) is 2.54. The highest BCUT2D eigenvalue weighted by Crippen LogP contribution is 2.29. The molecule has 2 aliphatic heterocycles. The fraction of sp³-hybridized carbons (Fsp3) is 1.00. The van der Waals surface area contributed by atoms with Crippen LogP contribution in [0.4, 0.5) is 0 Å². The number of thiol groups is 1. The van der Waals surface area contributed by atoms with Gasteiger partial charge in [0, 0.05) is 17.3 Å². The van der Waals surface area contributed by atoms with E-state index in [1.54, 1.807) is 0 Å². The lowest BCUT2D eigenvalue weighted by Gasteiger charge is -2.25. The summed E-state index contributed by atoms with van der Waals surface area (Å²) in [7, 11) is 0. The molecular weight excluding hydrogens is 130 g/mol. The summed E-state index contributed by atoms with van der Waals surface area (Å²) in [6.07, 6.45) is 5.36. The molecule has 52 valence electrons. The second-order valence-corrected chi connectivity index (χ2v) is 3.99. The van der Waals surface area contributed by atoms with Crippen molar-refractivity contribution in [2.24, 2.45) is 0 Å². The fourth-order valence-electron chi connectivity index (χ4n) is 2.03. The van der Waals surface area contributed by atoms with Gasteiger partial charge in [0.25, 0.3) is 0 Å². The van der Waals surface area contributed by atoms with Crippen molar-refractivity contribution in [3.8, 4) is 0 Å². The van der Waals surface area contributed by atoms with E-state index in [0.29, 0.717) is 5.25 Å². The number of nitrogens with one attached hydrogen (secondary N) is 1. The zero-order chi connectivity index (χ0) is 6.27. The Morgan fingerprint density at radius 2 is 1.67 bits per heavy atom. The Kier molecular flexibility index (Phi) is 1.46. The molecule has 2 heterocycles. The van der Waals surface area contributed by atoms with Gasteiger partial charge in [-0.15, -0.1) is 0 Å². The van der Waals surface area contributed by atoms with Crippen molar-refractivity contribution in [3.05, 3.63) is 0 Å². The molecule has 2 aliphatic rings. The Morgan fingerprint density at radius 1 is 1.11 bits per heavy atom. The maximum Gasteiger partial charge on any atom is 0.00806 e. The molecule has 3 atom stereocenters. The third-order valence-electron chi connectivity index (χ3n) is 2.45. The summed E-state index contributed by atoms with van der Waals surface area (Å²) in [6, 6.07) is 1.62. The van der Waals surface area contributed by atoms with Crippen molar-refractivity contribution in [2.75, 3.05) is 0 Å². The van der Waals surface area contributed by atoms with E-state index in [-0.39, 0.29) is 0 Å². The molecule has 2 rings (SSSR count). The Bertz CT molecular complexity index is 103. The van der Waals surface area contributed by atoms with Gasteiger partial charge in [0.15, 0.2) is 0 Å². The van der Waals surface area contributed by atoms with Crippen LogP contribution in [0.25, 0.3) is 0 Å². The molecule has 0 amide bonds. The SMILES string of the molecule is SC1C[C@H]2CC[C@@H](C1)N2. The third kappa shape index (κ3) is 1.10. The van der Waals surface area contributed by atoms with E-state index in [9.17, 15) is 0 Å². The van der Waals surface area contributed by atoms with Crippen LogP contribution < -0.4 is 5.32 Å². The van der Waals surface area contributed by atoms with Gasteiger partial charge >= 0.3 is 0 Å². The summed E-state index contributed by atoms with van der Waals surface area (Å²) in [5.74, 6) is 0. The molecule has 0 spiro atoms. The Balaban J connectivity index is 2.03. The van der Waals surface area contributed by atoms with Crippen LogP contribution in [0.2, 0.25) is 0 Å². The van der Waals surface area contributed by atoms with Gasteiger partial charge in [-0.2, -0.15) is 12.6 Å². The third-order valence-corrected chi connectivity index (χ3v) is 2.87. The molecule has 2 heteroatoms. The lowest BCUT2D eigenvalue weighted by Crippen LogP contribution is -2.38. The smallest absolute Gasteiger partial charge is 0.00806 e. The first-order valence-electron chi connectivity index (χ1n) is 3.79. The highest BCUT2D eigenvalue weighted by molar-refractivity contribution is 7.80. The van der Waals surface area contributed by atoms with Crippen LogP contribution in [-0.2, 0) is 0 Å². The first-order valence-corrected chi connectivity index (χ1v) is 4.30. The quantitative estimate of drug-likeness (QED) is 0.486. The van der Waals surface area contributed by atoms with E-state index in [1.807, 2.05) is 0 Å². The van der Waals surface area contributed by atoms with Gasteiger partial charge in [-0.05, 0) is 25.7 Å². The number of piperidine rings is 1. The molecular formula is C7H13NS. The Hall–Kier alpha value is 0.310. The summed E-state index contributed by atoms with van der Waals surface area (Å²) >= 11 is 4.48. The Labute approximate surface area is 61.6 Å². The lowest BCUT2D eigenvalue weighted by molar-refractivity contribution is 0.416. The lowest BCUT2D eigenvalue weighted by atomic mass is 10.1. The van der Waals surface area contributed by atoms with E-state index < -0.39 is 0 Å². The van der Waals surface area contributed by atoms with Crippen molar-refractivity contribution in [1.29, 1.82) is 0 Å². The van der Waals surface area contributed by atoms with Crippen molar-refractivity contribution in [1.82, 2.24) is 5.32 Å². The van der Waals surface area contributed by atoms with Gasteiger partial charge in [0.05, 0.1) is 0 Å². The second-order valence-electron chi connectivity index (χ2n) is 3.26. The summed E-state index contributed by atoms with van der Waals surface area (Å²) in [6.45, 7) is 0. The van der Waals surface area contributed by atoms with Gasteiger partial charge in [-0.3, -0.25) is 0 Å². The normalized spacial score (nSPS) is 49.7.